The molecule has 0 saturated heterocycles. The Balaban J connectivity index is 1.79. The third kappa shape index (κ3) is 5.18. The van der Waals surface area contributed by atoms with Crippen molar-refractivity contribution in [2.45, 2.75) is 51.7 Å². The molecule has 7 nitrogen and oxygen atoms in total. The number of amides is 2. The van der Waals surface area contributed by atoms with E-state index < -0.39 is 0 Å². The van der Waals surface area contributed by atoms with Gasteiger partial charge in [0.25, 0.3) is 0 Å². The summed E-state index contributed by atoms with van der Waals surface area (Å²) in [5.74, 6) is 0.0584. The number of hydrogen-bond donors (Lipinski definition) is 3. The van der Waals surface area contributed by atoms with Gasteiger partial charge in [-0.05, 0) is 18.8 Å². The molecule has 1 aromatic heterocycles. The molecule has 1 unspecified atom stereocenters. The first-order valence-electron chi connectivity index (χ1n) is 7.31. The first kappa shape index (κ1) is 15.5. The lowest BCUT2D eigenvalue weighted by Gasteiger charge is -2.14. The third-order valence-electron chi connectivity index (χ3n) is 3.44. The summed E-state index contributed by atoms with van der Waals surface area (Å²) in [6, 6.07) is 0.175. The molecule has 0 radical (unpaired) electrons. The summed E-state index contributed by atoms with van der Waals surface area (Å²) >= 11 is 0. The van der Waals surface area contributed by atoms with Gasteiger partial charge >= 0.3 is 0 Å². The molecule has 21 heavy (non-hydrogen) atoms. The number of carbonyl (C=O) groups is 2. The van der Waals surface area contributed by atoms with Crippen molar-refractivity contribution in [2.24, 2.45) is 11.7 Å². The maximum atomic E-state index is 11.8. The first-order valence-corrected chi connectivity index (χ1v) is 7.31. The van der Waals surface area contributed by atoms with Gasteiger partial charge in [-0.25, -0.2) is 0 Å². The van der Waals surface area contributed by atoms with Crippen LogP contribution in [0, 0.1) is 5.92 Å². The largest absolute Gasteiger partial charge is 0.352 e. The van der Waals surface area contributed by atoms with Crippen LogP contribution in [0.2, 0.25) is 0 Å². The van der Waals surface area contributed by atoms with Crippen LogP contribution in [0.3, 0.4) is 0 Å². The van der Waals surface area contributed by atoms with Crippen molar-refractivity contribution in [1.29, 1.82) is 0 Å². The highest BCUT2D eigenvalue weighted by Gasteiger charge is 2.23. The third-order valence-corrected chi connectivity index (χ3v) is 3.44. The van der Waals surface area contributed by atoms with Crippen LogP contribution >= 0.6 is 0 Å². The highest BCUT2D eigenvalue weighted by molar-refractivity contribution is 5.90. The lowest BCUT2D eigenvalue weighted by Crippen LogP contribution is -2.31. The predicted octanol–water partition coefficient (Wildman–Crippen LogP) is 0.474. The van der Waals surface area contributed by atoms with Crippen molar-refractivity contribution < 1.29 is 9.59 Å². The summed E-state index contributed by atoms with van der Waals surface area (Å²) in [6.07, 6.45) is 5.56. The first-order chi connectivity index (χ1) is 9.94. The van der Waals surface area contributed by atoms with Gasteiger partial charge in [-0.3, -0.25) is 14.3 Å². The molecule has 0 aromatic carbocycles. The van der Waals surface area contributed by atoms with E-state index in [1.54, 1.807) is 6.20 Å². The smallest absolute Gasteiger partial charge is 0.241 e. The molecule has 0 aliphatic heterocycles. The minimum atomic E-state index is -0.163. The molecule has 1 atom stereocenters. The number of nitrogens with zero attached hydrogens (tertiary/aromatic N) is 2. The molecule has 1 aliphatic carbocycles. The minimum absolute atomic E-state index is 0.0553. The second-order valence-electron chi connectivity index (χ2n) is 5.93. The number of nitrogens with two attached hydrogens (primary N) is 1. The van der Waals surface area contributed by atoms with Gasteiger partial charge in [0.1, 0.15) is 6.54 Å². The van der Waals surface area contributed by atoms with Gasteiger partial charge < -0.3 is 16.4 Å². The van der Waals surface area contributed by atoms with E-state index in [4.69, 9.17) is 5.73 Å². The van der Waals surface area contributed by atoms with Crippen LogP contribution in [0.1, 0.15) is 33.1 Å². The Bertz CT molecular complexity index is 507. The molecule has 116 valence electrons. The van der Waals surface area contributed by atoms with E-state index in [1.165, 1.54) is 10.9 Å². The van der Waals surface area contributed by atoms with E-state index in [2.05, 4.69) is 15.7 Å². The zero-order valence-corrected chi connectivity index (χ0v) is 12.5. The van der Waals surface area contributed by atoms with E-state index in [-0.39, 0.29) is 36.7 Å². The Morgan fingerprint density at radius 2 is 2.14 bits per heavy atom. The van der Waals surface area contributed by atoms with Gasteiger partial charge in [0.2, 0.25) is 11.8 Å². The van der Waals surface area contributed by atoms with Crippen LogP contribution < -0.4 is 16.4 Å². The van der Waals surface area contributed by atoms with Gasteiger partial charge in [0.05, 0.1) is 11.9 Å². The number of aromatic nitrogens is 2. The van der Waals surface area contributed by atoms with E-state index >= 15 is 0 Å². The number of hydrogen-bond acceptors (Lipinski definition) is 4. The Morgan fingerprint density at radius 3 is 2.76 bits per heavy atom. The fourth-order valence-electron chi connectivity index (χ4n) is 1.82. The average molecular weight is 293 g/mol. The van der Waals surface area contributed by atoms with Crippen molar-refractivity contribution in [3.05, 3.63) is 12.4 Å². The van der Waals surface area contributed by atoms with E-state index in [1.807, 2.05) is 13.8 Å². The van der Waals surface area contributed by atoms with Crippen molar-refractivity contribution in [2.75, 3.05) is 5.32 Å². The lowest BCUT2D eigenvalue weighted by molar-refractivity contribution is -0.122. The van der Waals surface area contributed by atoms with E-state index in [0.29, 0.717) is 11.7 Å². The summed E-state index contributed by atoms with van der Waals surface area (Å²) in [7, 11) is 0. The van der Waals surface area contributed by atoms with Crippen LogP contribution in [0.15, 0.2) is 12.4 Å². The van der Waals surface area contributed by atoms with Crippen LogP contribution in [-0.2, 0) is 16.1 Å². The molecule has 0 bridgehead atoms. The SMILES string of the molecule is CC(C)C(N)CC(=O)Nc1cnn(CC(=O)NC2CC2)c1. The normalized spacial score (nSPS) is 15.8. The summed E-state index contributed by atoms with van der Waals surface area (Å²) in [6.45, 7) is 4.13. The molecule has 1 heterocycles. The predicted molar refractivity (Wildman–Crippen MR) is 79.5 cm³/mol. The van der Waals surface area contributed by atoms with Crippen LogP contribution in [-0.4, -0.2) is 33.7 Å². The number of rotatable bonds is 7. The van der Waals surface area contributed by atoms with Gasteiger partial charge in [0.15, 0.2) is 0 Å². The van der Waals surface area contributed by atoms with Crippen molar-refractivity contribution in [1.82, 2.24) is 15.1 Å². The van der Waals surface area contributed by atoms with Crippen molar-refractivity contribution >= 4 is 17.5 Å². The summed E-state index contributed by atoms with van der Waals surface area (Å²) in [4.78, 5) is 23.4. The molecule has 2 amide bonds. The quantitative estimate of drug-likeness (QED) is 0.680. The van der Waals surface area contributed by atoms with Gasteiger partial charge in [-0.2, -0.15) is 5.10 Å². The summed E-state index contributed by atoms with van der Waals surface area (Å²) in [5.41, 5.74) is 6.44. The molecule has 2 rings (SSSR count). The Hall–Kier alpha value is -1.89. The molecule has 0 spiro atoms. The highest BCUT2D eigenvalue weighted by atomic mass is 16.2. The second kappa shape index (κ2) is 6.71. The molecular formula is C14H23N5O2. The molecular weight excluding hydrogens is 270 g/mol. The molecule has 1 fully saturated rings. The molecule has 7 heteroatoms. The molecule has 1 saturated carbocycles. The molecule has 4 N–H and O–H groups in total. The molecule has 1 aromatic rings. The number of carbonyl (C=O) groups excluding carboxylic acids is 2. The van der Waals surface area contributed by atoms with Gasteiger partial charge in [-0.1, -0.05) is 13.8 Å². The Morgan fingerprint density at radius 1 is 1.43 bits per heavy atom. The van der Waals surface area contributed by atoms with Crippen molar-refractivity contribution in [3.63, 3.8) is 0 Å². The monoisotopic (exact) mass is 293 g/mol. The fraction of sp³-hybridized carbons (Fsp3) is 0.643. The minimum Gasteiger partial charge on any atom is -0.352 e. The Labute approximate surface area is 124 Å². The fourth-order valence-corrected chi connectivity index (χ4v) is 1.82. The summed E-state index contributed by atoms with van der Waals surface area (Å²) < 4.78 is 1.51. The number of nitrogens with one attached hydrogen (secondary N) is 2. The van der Waals surface area contributed by atoms with Gasteiger partial charge in [0, 0.05) is 24.7 Å². The van der Waals surface area contributed by atoms with Gasteiger partial charge in [-0.15, -0.1) is 0 Å². The highest BCUT2D eigenvalue weighted by Crippen LogP contribution is 2.18. The topological polar surface area (TPSA) is 102 Å². The summed E-state index contributed by atoms with van der Waals surface area (Å²) in [5, 5.41) is 9.69. The van der Waals surface area contributed by atoms with Crippen molar-refractivity contribution in [3.8, 4) is 0 Å². The lowest BCUT2D eigenvalue weighted by atomic mass is 10.0. The van der Waals surface area contributed by atoms with E-state index in [0.717, 1.165) is 12.8 Å². The van der Waals surface area contributed by atoms with Crippen LogP contribution in [0.25, 0.3) is 0 Å². The van der Waals surface area contributed by atoms with E-state index in [9.17, 15) is 9.59 Å². The maximum absolute atomic E-state index is 11.8. The van der Waals surface area contributed by atoms with Crippen LogP contribution in [0.4, 0.5) is 5.69 Å². The number of anilines is 1. The zero-order chi connectivity index (χ0) is 15.4. The van der Waals surface area contributed by atoms with Crippen LogP contribution in [0.5, 0.6) is 0 Å². The maximum Gasteiger partial charge on any atom is 0.241 e. The average Bonchev–Trinajstić information content (AvgIpc) is 3.09. The standard InChI is InChI=1S/C14H23N5O2/c1-9(2)12(15)5-13(20)18-11-6-16-19(7-11)8-14(21)17-10-3-4-10/h6-7,9-10,12H,3-5,8,15H2,1-2H3,(H,17,21)(H,18,20). The zero-order valence-electron chi connectivity index (χ0n) is 12.5. The second-order valence-corrected chi connectivity index (χ2v) is 5.93. The Kier molecular flexibility index (Phi) is 4.95. The molecule has 1 aliphatic rings.